The highest BCUT2D eigenvalue weighted by molar-refractivity contribution is 8.00. The molecule has 1 aromatic rings. The van der Waals surface area contributed by atoms with Crippen LogP contribution in [0.2, 0.25) is 5.02 Å². The molecule has 1 aliphatic heterocycles. The zero-order valence-electron chi connectivity index (χ0n) is 10.6. The molecular weight excluding hydrogens is 270 g/mol. The van der Waals surface area contributed by atoms with Crippen molar-refractivity contribution >= 4 is 29.3 Å². The van der Waals surface area contributed by atoms with Crippen molar-refractivity contribution in [3.8, 4) is 0 Å². The van der Waals surface area contributed by atoms with Crippen LogP contribution in [0.1, 0.15) is 26.7 Å². The molecule has 18 heavy (non-hydrogen) atoms. The smallest absolute Gasteiger partial charge is 0.223 e. The molecule has 1 N–H and O–H groups in total. The molecule has 6 heteroatoms. The maximum Gasteiger partial charge on any atom is 0.223 e. The predicted octanol–water partition coefficient (Wildman–Crippen LogP) is 3.22. The first-order valence-electron chi connectivity index (χ1n) is 6.25. The van der Waals surface area contributed by atoms with Crippen molar-refractivity contribution < 1.29 is 4.74 Å². The van der Waals surface area contributed by atoms with E-state index < -0.39 is 0 Å². The zero-order valence-corrected chi connectivity index (χ0v) is 12.2. The molecule has 100 valence electrons. The minimum Gasteiger partial charge on any atom is -0.377 e. The van der Waals surface area contributed by atoms with Crippen LogP contribution in [0.15, 0.2) is 11.2 Å². The molecule has 2 atom stereocenters. The van der Waals surface area contributed by atoms with Gasteiger partial charge in [0.05, 0.1) is 17.3 Å². The summed E-state index contributed by atoms with van der Waals surface area (Å²) in [6, 6.07) is 0. The Kier molecular flexibility index (Phi) is 5.09. The van der Waals surface area contributed by atoms with Crippen LogP contribution in [-0.2, 0) is 4.74 Å². The second-order valence-electron chi connectivity index (χ2n) is 4.29. The Morgan fingerprint density at radius 3 is 3.11 bits per heavy atom. The van der Waals surface area contributed by atoms with E-state index in [0.29, 0.717) is 16.2 Å². The normalized spacial score (nSPS) is 23.3. The molecule has 0 saturated carbocycles. The summed E-state index contributed by atoms with van der Waals surface area (Å²) >= 11 is 7.83. The first kappa shape index (κ1) is 13.9. The van der Waals surface area contributed by atoms with Crippen molar-refractivity contribution in [2.75, 3.05) is 18.5 Å². The quantitative estimate of drug-likeness (QED) is 0.843. The zero-order chi connectivity index (χ0) is 13.0. The number of hydrogen-bond donors (Lipinski definition) is 1. The van der Waals surface area contributed by atoms with Gasteiger partial charge in [-0.15, -0.1) is 0 Å². The van der Waals surface area contributed by atoms with Crippen LogP contribution >= 0.6 is 23.4 Å². The Morgan fingerprint density at radius 2 is 2.44 bits per heavy atom. The molecule has 1 aliphatic rings. The van der Waals surface area contributed by atoms with E-state index in [1.807, 2.05) is 0 Å². The molecule has 1 saturated heterocycles. The molecule has 0 amide bonds. The van der Waals surface area contributed by atoms with Gasteiger partial charge in [-0.2, -0.15) is 0 Å². The lowest BCUT2D eigenvalue weighted by Crippen LogP contribution is -2.14. The minimum absolute atomic E-state index is 0.257. The summed E-state index contributed by atoms with van der Waals surface area (Å²) in [7, 11) is 0. The fourth-order valence-electron chi connectivity index (χ4n) is 1.77. The Morgan fingerprint density at radius 1 is 1.61 bits per heavy atom. The van der Waals surface area contributed by atoms with E-state index in [4.69, 9.17) is 16.3 Å². The maximum atomic E-state index is 6.14. The SMILES string of the molecule is CCCNc1ncc(Cl)c(SC2CCOC2C)n1. The number of anilines is 1. The third-order valence-corrected chi connectivity index (χ3v) is 4.66. The topological polar surface area (TPSA) is 47.0 Å². The van der Waals surface area contributed by atoms with Crippen molar-refractivity contribution in [2.24, 2.45) is 0 Å². The van der Waals surface area contributed by atoms with Crippen molar-refractivity contribution in [3.05, 3.63) is 11.2 Å². The van der Waals surface area contributed by atoms with E-state index in [1.165, 1.54) is 0 Å². The molecule has 0 aliphatic carbocycles. The van der Waals surface area contributed by atoms with Gasteiger partial charge in [0.15, 0.2) is 0 Å². The van der Waals surface area contributed by atoms with Crippen LogP contribution in [-0.4, -0.2) is 34.5 Å². The van der Waals surface area contributed by atoms with Gasteiger partial charge in [0, 0.05) is 18.4 Å². The molecule has 0 spiro atoms. The summed E-state index contributed by atoms with van der Waals surface area (Å²) in [4.78, 5) is 8.63. The number of rotatable bonds is 5. The van der Waals surface area contributed by atoms with E-state index in [9.17, 15) is 0 Å². The lowest BCUT2D eigenvalue weighted by Gasteiger charge is -2.14. The summed E-state index contributed by atoms with van der Waals surface area (Å²) in [6.07, 6.45) is 4.01. The summed E-state index contributed by atoms with van der Waals surface area (Å²) in [6.45, 7) is 5.89. The highest BCUT2D eigenvalue weighted by Gasteiger charge is 2.26. The van der Waals surface area contributed by atoms with Gasteiger partial charge in [-0.1, -0.05) is 30.3 Å². The van der Waals surface area contributed by atoms with Gasteiger partial charge >= 0.3 is 0 Å². The maximum absolute atomic E-state index is 6.14. The number of hydrogen-bond acceptors (Lipinski definition) is 5. The fraction of sp³-hybridized carbons (Fsp3) is 0.667. The van der Waals surface area contributed by atoms with Crippen molar-refractivity contribution in [2.45, 2.75) is 43.1 Å². The average molecular weight is 288 g/mol. The summed E-state index contributed by atoms with van der Waals surface area (Å²) in [5, 5.41) is 5.05. The monoisotopic (exact) mass is 287 g/mol. The van der Waals surface area contributed by atoms with Crippen LogP contribution in [0, 0.1) is 0 Å². The Labute approximate surface area is 117 Å². The van der Waals surface area contributed by atoms with Crippen molar-refractivity contribution in [1.82, 2.24) is 9.97 Å². The third-order valence-electron chi connectivity index (χ3n) is 2.81. The highest BCUT2D eigenvalue weighted by Crippen LogP contribution is 2.35. The van der Waals surface area contributed by atoms with Crippen molar-refractivity contribution in [1.29, 1.82) is 0 Å². The van der Waals surface area contributed by atoms with E-state index in [1.54, 1.807) is 18.0 Å². The Bertz CT molecular complexity index is 405. The lowest BCUT2D eigenvalue weighted by atomic mass is 10.3. The van der Waals surface area contributed by atoms with Gasteiger partial charge in [0.2, 0.25) is 5.95 Å². The Balaban J connectivity index is 2.06. The van der Waals surface area contributed by atoms with Crippen LogP contribution in [0.3, 0.4) is 0 Å². The molecule has 2 heterocycles. The van der Waals surface area contributed by atoms with Crippen LogP contribution in [0.25, 0.3) is 0 Å². The number of nitrogens with one attached hydrogen (secondary N) is 1. The largest absolute Gasteiger partial charge is 0.377 e. The molecule has 0 aromatic carbocycles. The van der Waals surface area contributed by atoms with Crippen LogP contribution in [0.4, 0.5) is 5.95 Å². The fourth-order valence-corrected chi connectivity index (χ4v) is 3.07. The van der Waals surface area contributed by atoms with E-state index in [0.717, 1.165) is 31.0 Å². The van der Waals surface area contributed by atoms with Gasteiger partial charge in [-0.25, -0.2) is 9.97 Å². The predicted molar refractivity (Wildman–Crippen MR) is 75.5 cm³/mol. The summed E-state index contributed by atoms with van der Waals surface area (Å²) < 4.78 is 5.55. The number of thioether (sulfide) groups is 1. The van der Waals surface area contributed by atoms with Gasteiger partial charge in [-0.05, 0) is 19.8 Å². The molecule has 2 rings (SSSR count). The summed E-state index contributed by atoms with van der Waals surface area (Å²) in [5.41, 5.74) is 0. The highest BCUT2D eigenvalue weighted by atomic mass is 35.5. The number of aromatic nitrogens is 2. The second-order valence-corrected chi connectivity index (χ2v) is 5.93. The number of ether oxygens (including phenoxy) is 1. The first-order chi connectivity index (χ1) is 8.70. The summed E-state index contributed by atoms with van der Waals surface area (Å²) in [5.74, 6) is 0.648. The van der Waals surface area contributed by atoms with Gasteiger partial charge in [-0.3, -0.25) is 0 Å². The number of halogens is 1. The first-order valence-corrected chi connectivity index (χ1v) is 7.51. The van der Waals surface area contributed by atoms with Gasteiger partial charge in [0.25, 0.3) is 0 Å². The standard InChI is InChI=1S/C12H18ClN3OS/c1-3-5-14-12-15-7-9(13)11(16-12)18-10-4-6-17-8(10)2/h7-8,10H,3-6H2,1-2H3,(H,14,15,16). The molecule has 4 nitrogen and oxygen atoms in total. The molecule has 2 unspecified atom stereocenters. The van der Waals surface area contributed by atoms with E-state index >= 15 is 0 Å². The average Bonchev–Trinajstić information content (AvgIpc) is 2.76. The van der Waals surface area contributed by atoms with Crippen molar-refractivity contribution in [3.63, 3.8) is 0 Å². The Hall–Kier alpha value is -0.520. The second kappa shape index (κ2) is 6.59. The van der Waals surface area contributed by atoms with E-state index in [2.05, 4.69) is 29.1 Å². The van der Waals surface area contributed by atoms with E-state index in [-0.39, 0.29) is 6.10 Å². The molecule has 1 aromatic heterocycles. The van der Waals surface area contributed by atoms with Gasteiger partial charge < -0.3 is 10.1 Å². The third kappa shape index (κ3) is 3.49. The van der Waals surface area contributed by atoms with Gasteiger partial charge in [0.1, 0.15) is 5.03 Å². The van der Waals surface area contributed by atoms with Crippen LogP contribution < -0.4 is 5.32 Å². The molecular formula is C12H18ClN3OS. The minimum atomic E-state index is 0.257. The molecule has 0 bridgehead atoms. The van der Waals surface area contributed by atoms with Crippen LogP contribution in [0.5, 0.6) is 0 Å². The number of nitrogens with zero attached hydrogens (tertiary/aromatic N) is 2. The lowest BCUT2D eigenvalue weighted by molar-refractivity contribution is 0.127. The molecule has 0 radical (unpaired) electrons. The molecule has 1 fully saturated rings.